The van der Waals surface area contributed by atoms with Gasteiger partial charge in [0.25, 0.3) is 0 Å². The van der Waals surface area contributed by atoms with Gasteiger partial charge in [0, 0.05) is 19.6 Å². The Morgan fingerprint density at radius 2 is 1.58 bits per heavy atom. The highest BCUT2D eigenvalue weighted by molar-refractivity contribution is 7.88. The van der Waals surface area contributed by atoms with Crippen molar-refractivity contribution in [1.29, 1.82) is 0 Å². The molecule has 134 valence electrons. The molecule has 0 atom stereocenters. The molecule has 2 heterocycles. The molecule has 0 amide bonds. The van der Waals surface area contributed by atoms with Crippen molar-refractivity contribution in [3.05, 3.63) is 35.9 Å². The molecule has 2 aliphatic heterocycles. The number of piperidine rings is 2. The van der Waals surface area contributed by atoms with E-state index in [1.165, 1.54) is 25.9 Å². The van der Waals surface area contributed by atoms with Crippen molar-refractivity contribution in [3.63, 3.8) is 0 Å². The number of hydrogen-bond acceptors (Lipinski definition) is 3. The van der Waals surface area contributed by atoms with Crippen molar-refractivity contribution < 1.29 is 8.42 Å². The SMILES string of the molecule is CC1CCN(CC2CCN(S(=O)(=O)Cc3ccccc3)CC2)CC1. The van der Waals surface area contributed by atoms with Gasteiger partial charge in [-0.25, -0.2) is 12.7 Å². The van der Waals surface area contributed by atoms with Crippen molar-refractivity contribution in [3.8, 4) is 0 Å². The van der Waals surface area contributed by atoms with Gasteiger partial charge in [-0.15, -0.1) is 0 Å². The summed E-state index contributed by atoms with van der Waals surface area (Å²) < 4.78 is 26.9. The van der Waals surface area contributed by atoms with E-state index in [-0.39, 0.29) is 5.75 Å². The van der Waals surface area contributed by atoms with E-state index in [0.29, 0.717) is 19.0 Å². The summed E-state index contributed by atoms with van der Waals surface area (Å²) in [5.41, 5.74) is 0.877. The second kappa shape index (κ2) is 7.98. The lowest BCUT2D eigenvalue weighted by Gasteiger charge is -2.36. The smallest absolute Gasteiger partial charge is 0.218 e. The Bertz CT molecular complexity index is 602. The van der Waals surface area contributed by atoms with Crippen molar-refractivity contribution in [2.75, 3.05) is 32.7 Å². The Morgan fingerprint density at radius 3 is 2.21 bits per heavy atom. The molecule has 0 unspecified atom stereocenters. The van der Waals surface area contributed by atoms with Gasteiger partial charge in [0.05, 0.1) is 5.75 Å². The first kappa shape index (κ1) is 17.9. The van der Waals surface area contributed by atoms with Gasteiger partial charge in [-0.1, -0.05) is 37.3 Å². The van der Waals surface area contributed by atoms with E-state index in [9.17, 15) is 8.42 Å². The minimum Gasteiger partial charge on any atom is -0.303 e. The molecule has 3 rings (SSSR count). The van der Waals surface area contributed by atoms with Crippen molar-refractivity contribution >= 4 is 10.0 Å². The summed E-state index contributed by atoms with van der Waals surface area (Å²) in [4.78, 5) is 2.58. The Kier molecular flexibility index (Phi) is 5.95. The first-order valence-electron chi connectivity index (χ1n) is 9.27. The molecule has 1 aromatic rings. The average molecular weight is 351 g/mol. The van der Waals surface area contributed by atoms with E-state index in [0.717, 1.165) is 30.9 Å². The molecule has 2 aliphatic rings. The van der Waals surface area contributed by atoms with Gasteiger partial charge in [-0.05, 0) is 56.2 Å². The molecule has 0 aliphatic carbocycles. The van der Waals surface area contributed by atoms with Gasteiger partial charge in [0.15, 0.2) is 0 Å². The maximum Gasteiger partial charge on any atom is 0.218 e. The highest BCUT2D eigenvalue weighted by Crippen LogP contribution is 2.24. The monoisotopic (exact) mass is 350 g/mol. The van der Waals surface area contributed by atoms with Crippen LogP contribution in [-0.4, -0.2) is 50.3 Å². The lowest BCUT2D eigenvalue weighted by atomic mass is 9.94. The van der Waals surface area contributed by atoms with Crippen LogP contribution in [0.4, 0.5) is 0 Å². The zero-order valence-corrected chi connectivity index (χ0v) is 15.5. The van der Waals surface area contributed by atoms with Crippen LogP contribution in [0.5, 0.6) is 0 Å². The highest BCUT2D eigenvalue weighted by atomic mass is 32.2. The van der Waals surface area contributed by atoms with Gasteiger partial charge in [0.1, 0.15) is 0 Å². The van der Waals surface area contributed by atoms with Crippen LogP contribution in [0.3, 0.4) is 0 Å². The third-order valence-electron chi connectivity index (χ3n) is 5.55. The van der Waals surface area contributed by atoms with Gasteiger partial charge in [-0.2, -0.15) is 0 Å². The van der Waals surface area contributed by atoms with Gasteiger partial charge >= 0.3 is 0 Å². The molecule has 1 aromatic carbocycles. The average Bonchev–Trinajstić information content (AvgIpc) is 2.58. The van der Waals surface area contributed by atoms with E-state index in [1.807, 2.05) is 30.3 Å². The minimum absolute atomic E-state index is 0.128. The molecule has 0 saturated carbocycles. The van der Waals surface area contributed by atoms with E-state index < -0.39 is 10.0 Å². The number of rotatable bonds is 5. The fraction of sp³-hybridized carbons (Fsp3) is 0.684. The van der Waals surface area contributed by atoms with Crippen LogP contribution < -0.4 is 0 Å². The first-order valence-corrected chi connectivity index (χ1v) is 10.9. The first-order chi connectivity index (χ1) is 11.5. The Balaban J connectivity index is 1.47. The molecule has 5 heteroatoms. The third kappa shape index (κ3) is 4.80. The topological polar surface area (TPSA) is 40.6 Å². The molecule has 24 heavy (non-hydrogen) atoms. The van der Waals surface area contributed by atoms with E-state index in [1.54, 1.807) is 4.31 Å². The second-order valence-corrected chi connectivity index (χ2v) is 9.54. The van der Waals surface area contributed by atoms with Crippen LogP contribution in [-0.2, 0) is 15.8 Å². The number of benzene rings is 1. The fourth-order valence-electron chi connectivity index (χ4n) is 3.86. The summed E-state index contributed by atoms with van der Waals surface area (Å²) in [7, 11) is -3.18. The van der Waals surface area contributed by atoms with Crippen LogP contribution in [0.1, 0.15) is 38.2 Å². The lowest BCUT2D eigenvalue weighted by molar-refractivity contribution is 0.142. The largest absolute Gasteiger partial charge is 0.303 e. The fourth-order valence-corrected chi connectivity index (χ4v) is 5.42. The van der Waals surface area contributed by atoms with E-state index in [2.05, 4.69) is 11.8 Å². The van der Waals surface area contributed by atoms with Crippen LogP contribution in [0.2, 0.25) is 0 Å². The highest BCUT2D eigenvalue weighted by Gasteiger charge is 2.29. The molecule has 2 fully saturated rings. The Hall–Kier alpha value is -0.910. The zero-order valence-electron chi connectivity index (χ0n) is 14.7. The number of nitrogens with zero attached hydrogens (tertiary/aromatic N) is 2. The maximum absolute atomic E-state index is 12.6. The van der Waals surface area contributed by atoms with Crippen LogP contribution in [0, 0.1) is 11.8 Å². The number of likely N-dealkylation sites (tertiary alicyclic amines) is 1. The molecule has 0 radical (unpaired) electrons. The summed E-state index contributed by atoms with van der Waals surface area (Å²) in [6, 6.07) is 9.50. The van der Waals surface area contributed by atoms with Crippen molar-refractivity contribution in [1.82, 2.24) is 9.21 Å². The summed E-state index contributed by atoms with van der Waals surface area (Å²) in [6.45, 7) is 7.29. The van der Waals surface area contributed by atoms with Gasteiger partial charge in [0.2, 0.25) is 10.0 Å². The molecule has 4 nitrogen and oxygen atoms in total. The van der Waals surface area contributed by atoms with Crippen LogP contribution >= 0.6 is 0 Å². The summed E-state index contributed by atoms with van der Waals surface area (Å²) in [5.74, 6) is 1.65. The standard InChI is InChI=1S/C19H30N2O2S/c1-17-7-11-20(12-8-17)15-18-9-13-21(14-10-18)24(22,23)16-19-5-3-2-4-6-19/h2-6,17-18H,7-16H2,1H3. The quantitative estimate of drug-likeness (QED) is 0.820. The summed E-state index contributed by atoms with van der Waals surface area (Å²) in [6.07, 6.45) is 4.62. The van der Waals surface area contributed by atoms with Crippen LogP contribution in [0.15, 0.2) is 30.3 Å². The molecular formula is C19H30N2O2S. The molecule has 0 aromatic heterocycles. The van der Waals surface area contributed by atoms with Crippen molar-refractivity contribution in [2.45, 2.75) is 38.4 Å². The van der Waals surface area contributed by atoms with E-state index >= 15 is 0 Å². The van der Waals surface area contributed by atoms with Gasteiger partial charge < -0.3 is 4.90 Å². The van der Waals surface area contributed by atoms with E-state index in [4.69, 9.17) is 0 Å². The molecule has 0 N–H and O–H groups in total. The second-order valence-electron chi connectivity index (χ2n) is 7.57. The molecule has 2 saturated heterocycles. The predicted octanol–water partition coefficient (Wildman–Crippen LogP) is 2.96. The predicted molar refractivity (Wildman–Crippen MR) is 98.2 cm³/mol. The summed E-state index contributed by atoms with van der Waals surface area (Å²) in [5, 5.41) is 0. The lowest BCUT2D eigenvalue weighted by Crippen LogP contribution is -2.43. The van der Waals surface area contributed by atoms with Crippen molar-refractivity contribution in [2.24, 2.45) is 11.8 Å². The summed E-state index contributed by atoms with van der Waals surface area (Å²) >= 11 is 0. The maximum atomic E-state index is 12.6. The number of sulfonamides is 1. The Labute approximate surface area is 146 Å². The molecule has 0 spiro atoms. The normalized spacial score (nSPS) is 22.7. The third-order valence-corrected chi connectivity index (χ3v) is 7.40. The van der Waals surface area contributed by atoms with Gasteiger partial charge in [-0.3, -0.25) is 0 Å². The molecule has 0 bridgehead atoms. The Morgan fingerprint density at radius 1 is 0.958 bits per heavy atom. The minimum atomic E-state index is -3.18. The zero-order chi connectivity index (χ0) is 17.0. The number of hydrogen-bond donors (Lipinski definition) is 0. The van der Waals surface area contributed by atoms with Crippen LogP contribution in [0.25, 0.3) is 0 Å². The molecular weight excluding hydrogens is 320 g/mol.